The Kier molecular flexibility index (Phi) is 6.65. The number of rotatable bonds is 7. The van der Waals surface area contributed by atoms with Crippen LogP contribution in [0.15, 0.2) is 48.5 Å². The van der Waals surface area contributed by atoms with Crippen molar-refractivity contribution >= 4 is 17.8 Å². The normalized spacial score (nSPS) is 13.4. The molecular formula is C23H26N2O4. The van der Waals surface area contributed by atoms with Crippen LogP contribution in [0.5, 0.6) is 0 Å². The molecule has 152 valence electrons. The van der Waals surface area contributed by atoms with E-state index < -0.39 is 5.97 Å². The molecule has 2 aromatic carbocycles. The van der Waals surface area contributed by atoms with Gasteiger partial charge in [-0.1, -0.05) is 36.4 Å². The van der Waals surface area contributed by atoms with Crippen LogP contribution in [0.1, 0.15) is 39.9 Å². The lowest BCUT2D eigenvalue weighted by atomic mass is 10.1. The fraction of sp³-hybridized carbons (Fsp3) is 0.348. The average Bonchev–Trinajstić information content (AvgIpc) is 3.13. The van der Waals surface area contributed by atoms with Crippen molar-refractivity contribution in [3.63, 3.8) is 0 Å². The van der Waals surface area contributed by atoms with Gasteiger partial charge >= 0.3 is 5.97 Å². The molecule has 1 fully saturated rings. The highest BCUT2D eigenvalue weighted by Gasteiger charge is 2.22. The minimum atomic E-state index is -0.462. The molecule has 0 saturated carbocycles. The number of methoxy groups -OCH3 is 1. The summed E-state index contributed by atoms with van der Waals surface area (Å²) in [6.07, 6.45) is 1.51. The molecule has 0 radical (unpaired) electrons. The maximum atomic E-state index is 13.1. The van der Waals surface area contributed by atoms with Crippen LogP contribution in [0.2, 0.25) is 0 Å². The van der Waals surface area contributed by atoms with Crippen LogP contribution < -0.4 is 0 Å². The molecule has 0 aromatic heterocycles. The molecule has 1 aliphatic heterocycles. The van der Waals surface area contributed by atoms with E-state index >= 15 is 0 Å². The molecule has 0 atom stereocenters. The Balaban J connectivity index is 1.74. The van der Waals surface area contributed by atoms with E-state index in [0.717, 1.165) is 29.7 Å². The Morgan fingerprint density at radius 1 is 1.10 bits per heavy atom. The van der Waals surface area contributed by atoms with Gasteiger partial charge in [-0.3, -0.25) is 14.4 Å². The first-order valence-electron chi connectivity index (χ1n) is 9.75. The zero-order chi connectivity index (χ0) is 20.8. The molecule has 0 N–H and O–H groups in total. The summed E-state index contributed by atoms with van der Waals surface area (Å²) in [4.78, 5) is 40.1. The number of nitrogens with zero attached hydrogens (tertiary/aromatic N) is 2. The highest BCUT2D eigenvalue weighted by Crippen LogP contribution is 2.17. The van der Waals surface area contributed by atoms with Gasteiger partial charge in [-0.05, 0) is 42.2 Å². The van der Waals surface area contributed by atoms with Crippen molar-refractivity contribution in [1.82, 2.24) is 9.80 Å². The number of likely N-dealkylation sites (tertiary alicyclic amines) is 1. The summed E-state index contributed by atoms with van der Waals surface area (Å²) >= 11 is 0. The zero-order valence-corrected chi connectivity index (χ0v) is 16.9. The highest BCUT2D eigenvalue weighted by atomic mass is 16.5. The average molecular weight is 394 g/mol. The molecule has 3 rings (SSSR count). The summed E-state index contributed by atoms with van der Waals surface area (Å²) in [5, 5.41) is 0. The summed E-state index contributed by atoms with van der Waals surface area (Å²) in [6.45, 7) is 3.52. The summed E-state index contributed by atoms with van der Waals surface area (Å²) < 4.78 is 4.77. The van der Waals surface area contributed by atoms with Crippen LogP contribution >= 0.6 is 0 Å². The minimum absolute atomic E-state index is 0.117. The van der Waals surface area contributed by atoms with E-state index in [1.165, 1.54) is 12.0 Å². The molecule has 0 unspecified atom stereocenters. The van der Waals surface area contributed by atoms with Gasteiger partial charge in [-0.15, -0.1) is 0 Å². The molecular weight excluding hydrogens is 368 g/mol. The van der Waals surface area contributed by atoms with Crippen LogP contribution in [0.4, 0.5) is 0 Å². The van der Waals surface area contributed by atoms with E-state index in [4.69, 9.17) is 4.74 Å². The number of aryl methyl sites for hydroxylation is 1. The standard InChI is InChI=1S/C23H26N2O4/c1-17-6-3-4-7-20(17)15-25(16-22(27)29-2)23(28)19-11-9-18(10-12-19)14-24-13-5-8-21(24)26/h3-4,6-7,9-12H,5,8,13-16H2,1-2H3. The second-order valence-corrected chi connectivity index (χ2v) is 7.28. The Morgan fingerprint density at radius 3 is 2.45 bits per heavy atom. The lowest BCUT2D eigenvalue weighted by Crippen LogP contribution is -2.36. The van der Waals surface area contributed by atoms with E-state index in [9.17, 15) is 14.4 Å². The number of carbonyl (C=O) groups is 3. The van der Waals surface area contributed by atoms with Crippen molar-refractivity contribution in [3.05, 3.63) is 70.8 Å². The number of amides is 2. The predicted molar refractivity (Wildman–Crippen MR) is 109 cm³/mol. The van der Waals surface area contributed by atoms with Crippen LogP contribution in [0.3, 0.4) is 0 Å². The van der Waals surface area contributed by atoms with Crippen LogP contribution in [0, 0.1) is 6.92 Å². The molecule has 2 amide bonds. The molecule has 29 heavy (non-hydrogen) atoms. The lowest BCUT2D eigenvalue weighted by Gasteiger charge is -2.23. The second kappa shape index (κ2) is 9.37. The maximum Gasteiger partial charge on any atom is 0.325 e. The van der Waals surface area contributed by atoms with Gasteiger partial charge in [0.05, 0.1) is 7.11 Å². The molecule has 1 saturated heterocycles. The van der Waals surface area contributed by atoms with Gasteiger partial charge in [0.2, 0.25) is 5.91 Å². The quantitative estimate of drug-likeness (QED) is 0.677. The molecule has 1 heterocycles. The van der Waals surface area contributed by atoms with Crippen LogP contribution in [0.25, 0.3) is 0 Å². The third-order valence-electron chi connectivity index (χ3n) is 5.20. The first-order valence-corrected chi connectivity index (χ1v) is 9.75. The van der Waals surface area contributed by atoms with Gasteiger partial charge in [0, 0.05) is 31.6 Å². The van der Waals surface area contributed by atoms with Gasteiger partial charge in [-0.2, -0.15) is 0 Å². The van der Waals surface area contributed by atoms with Crippen LogP contribution in [-0.4, -0.2) is 47.8 Å². The fourth-order valence-electron chi connectivity index (χ4n) is 3.44. The van der Waals surface area contributed by atoms with E-state index in [1.54, 1.807) is 12.1 Å². The van der Waals surface area contributed by atoms with Gasteiger partial charge in [0.1, 0.15) is 6.54 Å². The Bertz CT molecular complexity index is 892. The Morgan fingerprint density at radius 2 is 1.83 bits per heavy atom. The maximum absolute atomic E-state index is 13.1. The van der Waals surface area contributed by atoms with E-state index in [0.29, 0.717) is 25.1 Å². The molecule has 6 nitrogen and oxygen atoms in total. The zero-order valence-electron chi connectivity index (χ0n) is 16.9. The first-order chi connectivity index (χ1) is 14.0. The van der Waals surface area contributed by atoms with Crippen molar-refractivity contribution in [3.8, 4) is 0 Å². The van der Waals surface area contributed by atoms with Crippen LogP contribution in [-0.2, 0) is 27.4 Å². The molecule has 0 aliphatic carbocycles. The van der Waals surface area contributed by atoms with Crippen molar-refractivity contribution in [2.75, 3.05) is 20.2 Å². The molecule has 0 spiro atoms. The molecule has 2 aromatic rings. The van der Waals surface area contributed by atoms with Crippen molar-refractivity contribution in [2.24, 2.45) is 0 Å². The first kappa shape index (κ1) is 20.6. The Labute approximate surface area is 171 Å². The number of esters is 1. The SMILES string of the molecule is COC(=O)CN(Cc1ccccc1C)C(=O)c1ccc(CN2CCCC2=O)cc1. The topological polar surface area (TPSA) is 66.9 Å². The third kappa shape index (κ3) is 5.22. The van der Waals surface area contributed by atoms with E-state index in [2.05, 4.69) is 0 Å². The van der Waals surface area contributed by atoms with Gasteiger partial charge in [0.15, 0.2) is 0 Å². The number of ether oxygens (including phenoxy) is 1. The minimum Gasteiger partial charge on any atom is -0.468 e. The summed E-state index contributed by atoms with van der Waals surface area (Å²) in [5.74, 6) is -0.522. The van der Waals surface area contributed by atoms with Gasteiger partial charge < -0.3 is 14.5 Å². The highest BCUT2D eigenvalue weighted by molar-refractivity contribution is 5.96. The van der Waals surface area contributed by atoms with Crippen molar-refractivity contribution in [2.45, 2.75) is 32.9 Å². The Hall–Kier alpha value is -3.15. The molecule has 0 bridgehead atoms. The number of hydrogen-bond donors (Lipinski definition) is 0. The number of hydrogen-bond acceptors (Lipinski definition) is 4. The van der Waals surface area contributed by atoms with Gasteiger partial charge in [-0.25, -0.2) is 0 Å². The fourth-order valence-corrected chi connectivity index (χ4v) is 3.44. The van der Waals surface area contributed by atoms with Crippen molar-refractivity contribution < 1.29 is 19.1 Å². The van der Waals surface area contributed by atoms with E-state index in [-0.39, 0.29) is 18.4 Å². The summed E-state index contributed by atoms with van der Waals surface area (Å²) in [7, 11) is 1.31. The molecule has 6 heteroatoms. The molecule has 1 aliphatic rings. The number of benzene rings is 2. The summed E-state index contributed by atoms with van der Waals surface area (Å²) in [6, 6.07) is 15.0. The smallest absolute Gasteiger partial charge is 0.325 e. The largest absolute Gasteiger partial charge is 0.468 e. The lowest BCUT2D eigenvalue weighted by molar-refractivity contribution is -0.141. The summed E-state index contributed by atoms with van der Waals surface area (Å²) in [5.41, 5.74) is 3.52. The van der Waals surface area contributed by atoms with Gasteiger partial charge in [0.25, 0.3) is 5.91 Å². The number of carbonyl (C=O) groups excluding carboxylic acids is 3. The third-order valence-corrected chi connectivity index (χ3v) is 5.20. The second-order valence-electron chi connectivity index (χ2n) is 7.28. The predicted octanol–water partition coefficient (Wildman–Crippen LogP) is 2.93. The van der Waals surface area contributed by atoms with Crippen molar-refractivity contribution in [1.29, 1.82) is 0 Å². The van der Waals surface area contributed by atoms with E-state index in [1.807, 2.05) is 48.2 Å². The monoisotopic (exact) mass is 394 g/mol.